The van der Waals surface area contributed by atoms with Gasteiger partial charge in [0, 0.05) is 6.04 Å². The van der Waals surface area contributed by atoms with Crippen LogP contribution in [0.15, 0.2) is 0 Å². The molecule has 0 spiro atoms. The molecule has 0 radical (unpaired) electrons. The van der Waals surface area contributed by atoms with E-state index in [1.54, 1.807) is 0 Å². The van der Waals surface area contributed by atoms with Gasteiger partial charge in [-0.15, -0.1) is 0 Å². The predicted molar refractivity (Wildman–Crippen MR) is 54.4 cm³/mol. The molecular formula is C11H23N. The third-order valence-electron chi connectivity index (χ3n) is 3.02. The van der Waals surface area contributed by atoms with E-state index >= 15 is 0 Å². The lowest BCUT2D eigenvalue weighted by atomic mass is 10.1. The monoisotopic (exact) mass is 169 g/mol. The zero-order chi connectivity index (χ0) is 8.81. The number of hydrogen-bond donors (Lipinski definition) is 0. The first-order chi connectivity index (χ1) is 5.84. The second kappa shape index (κ2) is 5.58. The lowest BCUT2D eigenvalue weighted by molar-refractivity contribution is 0.221. The van der Waals surface area contributed by atoms with Crippen LogP contribution in [-0.2, 0) is 0 Å². The Hall–Kier alpha value is -0.0400. The van der Waals surface area contributed by atoms with E-state index < -0.39 is 0 Å². The Morgan fingerprint density at radius 3 is 2.17 bits per heavy atom. The van der Waals surface area contributed by atoms with Crippen LogP contribution in [0.2, 0.25) is 0 Å². The van der Waals surface area contributed by atoms with Gasteiger partial charge < -0.3 is 4.90 Å². The van der Waals surface area contributed by atoms with Gasteiger partial charge in [-0.1, -0.05) is 32.6 Å². The first-order valence-electron chi connectivity index (χ1n) is 5.55. The summed E-state index contributed by atoms with van der Waals surface area (Å²) in [5.74, 6) is 0. The molecule has 0 aliphatic heterocycles. The summed E-state index contributed by atoms with van der Waals surface area (Å²) in [6.45, 7) is 3.55. The van der Waals surface area contributed by atoms with Gasteiger partial charge in [0.25, 0.3) is 0 Å². The van der Waals surface area contributed by atoms with Crippen molar-refractivity contribution in [3.05, 3.63) is 0 Å². The van der Waals surface area contributed by atoms with E-state index in [2.05, 4.69) is 18.9 Å². The minimum absolute atomic E-state index is 0.896. The molecule has 1 aliphatic rings. The summed E-state index contributed by atoms with van der Waals surface area (Å²) in [5, 5.41) is 0. The van der Waals surface area contributed by atoms with Crippen LogP contribution in [0, 0.1) is 0 Å². The van der Waals surface area contributed by atoms with Crippen LogP contribution in [0.25, 0.3) is 0 Å². The molecule has 0 heterocycles. The van der Waals surface area contributed by atoms with Crippen LogP contribution in [0.1, 0.15) is 51.9 Å². The molecule has 0 aromatic carbocycles. The average molecular weight is 169 g/mol. The van der Waals surface area contributed by atoms with Crippen molar-refractivity contribution in [3.63, 3.8) is 0 Å². The number of nitrogens with zero attached hydrogens (tertiary/aromatic N) is 1. The maximum absolute atomic E-state index is 2.56. The predicted octanol–water partition coefficient (Wildman–Crippen LogP) is 3.05. The maximum atomic E-state index is 2.56. The molecule has 72 valence electrons. The molecular weight excluding hydrogens is 146 g/mol. The maximum Gasteiger partial charge on any atom is 0.00922 e. The Labute approximate surface area is 77.1 Å². The first kappa shape index (κ1) is 10.0. The number of rotatable bonds is 3. The van der Waals surface area contributed by atoms with Gasteiger partial charge in [0.2, 0.25) is 0 Å². The summed E-state index contributed by atoms with van der Waals surface area (Å²) in [7, 11) is 2.29. The molecule has 1 fully saturated rings. The van der Waals surface area contributed by atoms with Crippen molar-refractivity contribution in [2.24, 2.45) is 0 Å². The molecule has 0 unspecified atom stereocenters. The standard InChI is InChI=1S/C11H23N/c1-3-10-12(2)11-8-6-4-5-7-9-11/h11H,3-10H2,1-2H3. The van der Waals surface area contributed by atoms with Gasteiger partial charge >= 0.3 is 0 Å². The zero-order valence-electron chi connectivity index (χ0n) is 8.68. The Bertz CT molecular complexity index is 104. The molecule has 0 bridgehead atoms. The van der Waals surface area contributed by atoms with E-state index in [0.29, 0.717) is 0 Å². The summed E-state index contributed by atoms with van der Waals surface area (Å²) in [6, 6.07) is 0.896. The van der Waals surface area contributed by atoms with Gasteiger partial charge in [-0.2, -0.15) is 0 Å². The fraction of sp³-hybridized carbons (Fsp3) is 1.00. The van der Waals surface area contributed by atoms with Crippen LogP contribution < -0.4 is 0 Å². The van der Waals surface area contributed by atoms with E-state index in [1.165, 1.54) is 51.5 Å². The Kier molecular flexibility index (Phi) is 4.67. The van der Waals surface area contributed by atoms with Crippen LogP contribution in [0.4, 0.5) is 0 Å². The normalized spacial score (nSPS) is 21.2. The van der Waals surface area contributed by atoms with Gasteiger partial charge in [-0.05, 0) is 32.9 Å². The van der Waals surface area contributed by atoms with Crippen LogP contribution in [0.3, 0.4) is 0 Å². The van der Waals surface area contributed by atoms with Crippen molar-refractivity contribution in [1.82, 2.24) is 4.90 Å². The Morgan fingerprint density at radius 2 is 1.67 bits per heavy atom. The molecule has 0 saturated heterocycles. The van der Waals surface area contributed by atoms with Gasteiger partial charge in [0.15, 0.2) is 0 Å². The van der Waals surface area contributed by atoms with Gasteiger partial charge in [-0.25, -0.2) is 0 Å². The van der Waals surface area contributed by atoms with Crippen molar-refractivity contribution in [2.45, 2.75) is 57.9 Å². The lowest BCUT2D eigenvalue weighted by Gasteiger charge is -2.26. The second-order valence-corrected chi connectivity index (χ2v) is 4.13. The van der Waals surface area contributed by atoms with E-state index in [0.717, 1.165) is 6.04 Å². The Morgan fingerprint density at radius 1 is 1.08 bits per heavy atom. The molecule has 0 N–H and O–H groups in total. The summed E-state index contributed by atoms with van der Waals surface area (Å²) < 4.78 is 0. The van der Waals surface area contributed by atoms with Crippen LogP contribution >= 0.6 is 0 Å². The van der Waals surface area contributed by atoms with Crippen LogP contribution in [0.5, 0.6) is 0 Å². The highest BCUT2D eigenvalue weighted by Crippen LogP contribution is 2.20. The van der Waals surface area contributed by atoms with Crippen LogP contribution in [-0.4, -0.2) is 24.5 Å². The van der Waals surface area contributed by atoms with Crippen molar-refractivity contribution < 1.29 is 0 Å². The highest BCUT2D eigenvalue weighted by atomic mass is 15.1. The van der Waals surface area contributed by atoms with Crippen molar-refractivity contribution in [2.75, 3.05) is 13.6 Å². The minimum atomic E-state index is 0.896. The lowest BCUT2D eigenvalue weighted by Crippen LogP contribution is -2.31. The smallest absolute Gasteiger partial charge is 0.00922 e. The molecule has 1 nitrogen and oxygen atoms in total. The summed E-state index contributed by atoms with van der Waals surface area (Å²) in [6.07, 6.45) is 10.0. The topological polar surface area (TPSA) is 3.24 Å². The first-order valence-corrected chi connectivity index (χ1v) is 5.55. The highest BCUT2D eigenvalue weighted by molar-refractivity contribution is 4.71. The molecule has 12 heavy (non-hydrogen) atoms. The van der Waals surface area contributed by atoms with E-state index in [-0.39, 0.29) is 0 Å². The fourth-order valence-electron chi connectivity index (χ4n) is 2.23. The van der Waals surface area contributed by atoms with Crippen molar-refractivity contribution in [1.29, 1.82) is 0 Å². The summed E-state index contributed by atoms with van der Waals surface area (Å²) >= 11 is 0. The van der Waals surface area contributed by atoms with Gasteiger partial charge in [0.1, 0.15) is 0 Å². The largest absolute Gasteiger partial charge is 0.303 e. The van der Waals surface area contributed by atoms with E-state index in [9.17, 15) is 0 Å². The molecule has 1 heteroatoms. The summed E-state index contributed by atoms with van der Waals surface area (Å²) in [4.78, 5) is 2.56. The fourth-order valence-corrected chi connectivity index (χ4v) is 2.23. The molecule has 0 aromatic heterocycles. The quantitative estimate of drug-likeness (QED) is 0.587. The third kappa shape index (κ3) is 3.14. The zero-order valence-corrected chi connectivity index (χ0v) is 8.68. The average Bonchev–Trinajstić information content (AvgIpc) is 2.32. The Balaban J connectivity index is 2.27. The minimum Gasteiger partial charge on any atom is -0.303 e. The molecule has 1 aliphatic carbocycles. The molecule has 1 rings (SSSR count). The third-order valence-corrected chi connectivity index (χ3v) is 3.02. The highest BCUT2D eigenvalue weighted by Gasteiger charge is 2.15. The second-order valence-electron chi connectivity index (χ2n) is 4.13. The molecule has 0 atom stereocenters. The van der Waals surface area contributed by atoms with Gasteiger partial charge in [-0.3, -0.25) is 0 Å². The van der Waals surface area contributed by atoms with Crippen molar-refractivity contribution in [3.8, 4) is 0 Å². The molecule has 0 aromatic rings. The molecule has 0 amide bonds. The van der Waals surface area contributed by atoms with E-state index in [1.807, 2.05) is 0 Å². The van der Waals surface area contributed by atoms with E-state index in [4.69, 9.17) is 0 Å². The summed E-state index contributed by atoms with van der Waals surface area (Å²) in [5.41, 5.74) is 0. The number of hydrogen-bond acceptors (Lipinski definition) is 1. The van der Waals surface area contributed by atoms with Gasteiger partial charge in [0.05, 0.1) is 0 Å². The SMILES string of the molecule is CCCN(C)C1CCCCCC1. The molecule has 1 saturated carbocycles. The van der Waals surface area contributed by atoms with Crippen molar-refractivity contribution >= 4 is 0 Å².